The van der Waals surface area contributed by atoms with E-state index in [-0.39, 0.29) is 41.5 Å². The number of anilines is 2. The summed E-state index contributed by atoms with van der Waals surface area (Å²) in [5.41, 5.74) is 3.53. The van der Waals surface area contributed by atoms with Crippen LogP contribution in [0.2, 0.25) is 0 Å². The number of amides is 1. The molecule has 3 aliphatic rings. The fourth-order valence-corrected chi connectivity index (χ4v) is 6.28. The number of nitrogens with zero attached hydrogens (tertiary/aromatic N) is 4. The molecule has 0 radical (unpaired) electrons. The maximum Gasteiger partial charge on any atom is 0.225 e. The smallest absolute Gasteiger partial charge is 0.225 e. The van der Waals surface area contributed by atoms with Crippen molar-refractivity contribution in [3.8, 4) is 22.9 Å². The molecule has 3 aromatic rings. The predicted molar refractivity (Wildman–Crippen MR) is 152 cm³/mol. The summed E-state index contributed by atoms with van der Waals surface area (Å²) in [6, 6.07) is 6.09. The largest absolute Gasteiger partial charge is 0.504 e. The van der Waals surface area contributed by atoms with Crippen LogP contribution in [0, 0.1) is 17.8 Å². The first-order valence-corrected chi connectivity index (χ1v) is 13.8. The van der Waals surface area contributed by atoms with E-state index in [9.17, 15) is 9.90 Å². The minimum absolute atomic E-state index is 0.0184. The average molecular weight is 532 g/mol. The molecule has 1 saturated carbocycles. The van der Waals surface area contributed by atoms with Crippen molar-refractivity contribution in [1.82, 2.24) is 25.2 Å². The van der Waals surface area contributed by atoms with Crippen LogP contribution >= 0.6 is 0 Å². The summed E-state index contributed by atoms with van der Waals surface area (Å²) < 4.78 is 5.78. The Morgan fingerprint density at radius 3 is 2.69 bits per heavy atom. The second-order valence-corrected chi connectivity index (χ2v) is 11.3. The number of rotatable bonds is 7. The first-order chi connectivity index (χ1) is 18.8. The van der Waals surface area contributed by atoms with Crippen LogP contribution in [0.5, 0.6) is 11.5 Å². The number of aromatic amines is 1. The molecular weight excluding hydrogens is 494 g/mol. The summed E-state index contributed by atoms with van der Waals surface area (Å²) in [7, 11) is 3.81. The molecule has 2 fully saturated rings. The second kappa shape index (κ2) is 10.1. The number of methoxy groups -OCH3 is 1. The average Bonchev–Trinajstić information content (AvgIpc) is 3.65. The van der Waals surface area contributed by atoms with Crippen LogP contribution in [0.25, 0.3) is 22.6 Å². The van der Waals surface area contributed by atoms with Crippen molar-refractivity contribution in [3.63, 3.8) is 0 Å². The van der Waals surface area contributed by atoms with Gasteiger partial charge in [-0.2, -0.15) is 0 Å². The second-order valence-electron chi connectivity index (χ2n) is 11.3. The normalized spacial score (nSPS) is 24.6. The van der Waals surface area contributed by atoms with Crippen LogP contribution in [-0.2, 0) is 4.79 Å². The number of carbonyl (C=O) groups is 1. The zero-order valence-corrected chi connectivity index (χ0v) is 22.9. The lowest BCUT2D eigenvalue weighted by molar-refractivity contribution is -0.126. The van der Waals surface area contributed by atoms with Crippen LogP contribution in [0.4, 0.5) is 11.4 Å². The Hall–Kier alpha value is -3.79. The van der Waals surface area contributed by atoms with Gasteiger partial charge in [-0.05, 0) is 51.3 Å². The van der Waals surface area contributed by atoms with Crippen LogP contribution in [0.3, 0.4) is 0 Å². The zero-order chi connectivity index (χ0) is 27.3. The number of aromatic nitrogens is 3. The number of fused-ring (bicyclic) bond motifs is 3. The van der Waals surface area contributed by atoms with Gasteiger partial charge in [0, 0.05) is 50.0 Å². The first kappa shape index (κ1) is 25.5. The number of H-pyrrole nitrogens is 1. The molecule has 2 bridgehead atoms. The number of hydrogen-bond donors (Lipinski definition) is 4. The van der Waals surface area contributed by atoms with Gasteiger partial charge in [0.1, 0.15) is 22.8 Å². The highest BCUT2D eigenvalue weighted by Crippen LogP contribution is 2.46. The Kier molecular flexibility index (Phi) is 6.58. The molecule has 3 heterocycles. The maximum absolute atomic E-state index is 13.1. The molecule has 1 aromatic carbocycles. The highest BCUT2D eigenvalue weighted by molar-refractivity contribution is 5.92. The Labute approximate surface area is 228 Å². The molecule has 10 nitrogen and oxygen atoms in total. The van der Waals surface area contributed by atoms with E-state index >= 15 is 0 Å². The van der Waals surface area contributed by atoms with E-state index in [0.717, 1.165) is 43.9 Å². The molecule has 4 atom stereocenters. The summed E-state index contributed by atoms with van der Waals surface area (Å²) >= 11 is 0. The summed E-state index contributed by atoms with van der Waals surface area (Å²) in [4.78, 5) is 30.3. The molecular formula is C29H37N7O3. The van der Waals surface area contributed by atoms with Crippen molar-refractivity contribution >= 4 is 28.4 Å². The molecule has 10 heteroatoms. The topological polar surface area (TPSA) is 119 Å². The lowest BCUT2D eigenvalue weighted by Crippen LogP contribution is -2.45. The number of allylic oxidation sites excluding steroid dienone is 1. The van der Waals surface area contributed by atoms with Gasteiger partial charge in [-0.1, -0.05) is 12.2 Å². The Balaban J connectivity index is 1.32. The number of benzene rings is 1. The van der Waals surface area contributed by atoms with Crippen molar-refractivity contribution in [2.45, 2.75) is 32.4 Å². The fourth-order valence-electron chi connectivity index (χ4n) is 6.28. The number of likely N-dealkylation sites (N-methyl/N-ethyl adjacent to an activating group) is 1. The third-order valence-corrected chi connectivity index (χ3v) is 8.31. The van der Waals surface area contributed by atoms with Crippen molar-refractivity contribution in [2.75, 3.05) is 50.6 Å². The summed E-state index contributed by atoms with van der Waals surface area (Å²) in [6.07, 6.45) is 6.67. The molecule has 0 spiro atoms. The van der Waals surface area contributed by atoms with E-state index in [0.29, 0.717) is 28.4 Å². The van der Waals surface area contributed by atoms with E-state index < -0.39 is 0 Å². The van der Waals surface area contributed by atoms with Gasteiger partial charge in [0.05, 0.1) is 24.8 Å². The van der Waals surface area contributed by atoms with Crippen LogP contribution < -0.4 is 20.3 Å². The number of pyridine rings is 1. The van der Waals surface area contributed by atoms with Crippen molar-refractivity contribution < 1.29 is 14.6 Å². The van der Waals surface area contributed by atoms with Gasteiger partial charge >= 0.3 is 0 Å². The highest BCUT2D eigenvalue weighted by Gasteiger charge is 2.48. The molecule has 1 amide bonds. The summed E-state index contributed by atoms with van der Waals surface area (Å²) in [5, 5.41) is 17.5. The lowest BCUT2D eigenvalue weighted by Gasteiger charge is -2.34. The summed E-state index contributed by atoms with van der Waals surface area (Å²) in [5.74, 6) is 1.57. The van der Waals surface area contributed by atoms with E-state index in [1.54, 1.807) is 7.11 Å². The SMILES string of the molecule is COc1cc(N2CCN(C)CC2)ccc1-c1nc2ncc(O)c(NC3C4C=CC(C4)C3C(=O)NC(C)C)c2[nH]1. The molecule has 1 saturated heterocycles. The molecule has 6 rings (SSSR count). The van der Waals surface area contributed by atoms with E-state index in [2.05, 4.69) is 61.7 Å². The van der Waals surface area contributed by atoms with Gasteiger partial charge in [0.2, 0.25) is 5.91 Å². The van der Waals surface area contributed by atoms with Crippen LogP contribution in [-0.4, -0.2) is 83.3 Å². The molecule has 39 heavy (non-hydrogen) atoms. The molecule has 4 N–H and O–H groups in total. The van der Waals surface area contributed by atoms with Crippen LogP contribution in [0.15, 0.2) is 36.5 Å². The minimum atomic E-state index is -0.213. The lowest BCUT2D eigenvalue weighted by atomic mass is 9.87. The van der Waals surface area contributed by atoms with E-state index in [1.165, 1.54) is 6.20 Å². The Morgan fingerprint density at radius 1 is 1.18 bits per heavy atom. The Bertz CT molecular complexity index is 1410. The van der Waals surface area contributed by atoms with Crippen molar-refractivity contribution in [3.05, 3.63) is 36.5 Å². The molecule has 2 aromatic heterocycles. The number of hydrogen-bond acceptors (Lipinski definition) is 8. The molecule has 206 valence electrons. The van der Waals surface area contributed by atoms with Crippen molar-refractivity contribution in [2.24, 2.45) is 17.8 Å². The van der Waals surface area contributed by atoms with Crippen molar-refractivity contribution in [1.29, 1.82) is 0 Å². The number of carbonyl (C=O) groups excluding carboxylic acids is 1. The van der Waals surface area contributed by atoms with E-state index in [4.69, 9.17) is 9.72 Å². The Morgan fingerprint density at radius 2 is 1.95 bits per heavy atom. The number of ether oxygens (including phenoxy) is 1. The zero-order valence-electron chi connectivity index (χ0n) is 22.9. The maximum atomic E-state index is 13.1. The summed E-state index contributed by atoms with van der Waals surface area (Å²) in [6.45, 7) is 7.93. The van der Waals surface area contributed by atoms with Gasteiger partial charge in [0.25, 0.3) is 0 Å². The van der Waals surface area contributed by atoms with Gasteiger partial charge in [-0.15, -0.1) is 0 Å². The van der Waals surface area contributed by atoms with Gasteiger partial charge in [-0.3, -0.25) is 4.79 Å². The fraction of sp³-hybridized carbons (Fsp3) is 0.483. The van der Waals surface area contributed by atoms with Gasteiger partial charge in [0.15, 0.2) is 11.4 Å². The van der Waals surface area contributed by atoms with Gasteiger partial charge in [-0.25, -0.2) is 9.97 Å². The predicted octanol–water partition coefficient (Wildman–Crippen LogP) is 3.22. The van der Waals surface area contributed by atoms with Crippen LogP contribution in [0.1, 0.15) is 20.3 Å². The molecule has 4 unspecified atom stereocenters. The standard InChI is InChI=1S/C29H37N7O3/c1-16(2)31-29(38)23-17-5-6-18(13-17)24(23)32-25-21(37)15-30-28-26(25)33-27(34-28)20-8-7-19(14-22(20)39-4)36-11-9-35(3)10-12-36/h5-8,14-18,23-24,37H,9-13H2,1-4H3,(H,31,38)(H2,30,32,33,34). The molecule has 1 aliphatic heterocycles. The first-order valence-electron chi connectivity index (χ1n) is 13.8. The highest BCUT2D eigenvalue weighted by atomic mass is 16.5. The number of piperazine rings is 1. The monoisotopic (exact) mass is 531 g/mol. The number of imidazole rings is 1. The number of nitrogens with one attached hydrogen (secondary N) is 3. The third kappa shape index (κ3) is 4.67. The minimum Gasteiger partial charge on any atom is -0.504 e. The number of aromatic hydroxyl groups is 1. The van der Waals surface area contributed by atoms with Gasteiger partial charge < -0.3 is 35.3 Å². The van der Waals surface area contributed by atoms with E-state index in [1.807, 2.05) is 19.9 Å². The quantitative estimate of drug-likeness (QED) is 0.343. The third-order valence-electron chi connectivity index (χ3n) is 8.31. The molecule has 2 aliphatic carbocycles.